The Kier molecular flexibility index (Phi) is 3.92. The van der Waals surface area contributed by atoms with Gasteiger partial charge in [-0.3, -0.25) is 0 Å². The molecule has 0 unspecified atom stereocenters. The summed E-state index contributed by atoms with van der Waals surface area (Å²) in [5, 5.41) is 11.8. The Morgan fingerprint density at radius 1 is 1.33 bits per heavy atom. The molecule has 1 aromatic carbocycles. The van der Waals surface area contributed by atoms with Gasteiger partial charge in [0.05, 0.1) is 0 Å². The number of aliphatic carboxylic acids is 1. The van der Waals surface area contributed by atoms with E-state index in [0.717, 1.165) is 5.56 Å². The molecule has 0 amide bonds. The minimum absolute atomic E-state index is 0.107. The third kappa shape index (κ3) is 3.85. The molecule has 0 fully saturated rings. The highest BCUT2D eigenvalue weighted by molar-refractivity contribution is 5.91. The van der Waals surface area contributed by atoms with Crippen molar-refractivity contribution in [3.63, 3.8) is 0 Å². The molecule has 0 aromatic heterocycles. The average Bonchev–Trinajstić information content (AvgIpc) is 2.17. The zero-order valence-corrected chi connectivity index (χ0v) is 8.90. The van der Waals surface area contributed by atoms with Crippen LogP contribution in [0.4, 0.5) is 0 Å². The molecular weight excluding hydrogens is 190 g/mol. The molecule has 3 nitrogen and oxygen atoms in total. The van der Waals surface area contributed by atoms with Crippen LogP contribution in [-0.4, -0.2) is 17.1 Å². The normalized spacial score (nSPS) is 11.5. The van der Waals surface area contributed by atoms with E-state index in [9.17, 15) is 4.79 Å². The fourth-order valence-corrected chi connectivity index (χ4v) is 1.19. The highest BCUT2D eigenvalue weighted by Gasteiger charge is 2.07. The van der Waals surface area contributed by atoms with Gasteiger partial charge in [0.2, 0.25) is 0 Å². The summed E-state index contributed by atoms with van der Waals surface area (Å²) < 4.78 is 0. The summed E-state index contributed by atoms with van der Waals surface area (Å²) in [4.78, 5) is 10.9. The summed E-state index contributed by atoms with van der Waals surface area (Å²) >= 11 is 0. The molecule has 2 N–H and O–H groups in total. The molecular formula is C12H15NO2. The van der Waals surface area contributed by atoms with E-state index in [2.05, 4.69) is 5.32 Å². The Morgan fingerprint density at radius 2 is 1.93 bits per heavy atom. The molecule has 0 atom stereocenters. The third-order valence-corrected chi connectivity index (χ3v) is 1.79. The summed E-state index contributed by atoms with van der Waals surface area (Å²) in [6.07, 6.45) is 1.63. The zero-order chi connectivity index (χ0) is 11.3. The Hall–Kier alpha value is -1.77. The monoisotopic (exact) mass is 205 g/mol. The first-order valence-corrected chi connectivity index (χ1v) is 4.86. The molecule has 80 valence electrons. The number of hydrogen-bond acceptors (Lipinski definition) is 2. The Morgan fingerprint density at radius 3 is 2.40 bits per heavy atom. The van der Waals surface area contributed by atoms with E-state index in [1.54, 1.807) is 6.08 Å². The smallest absolute Gasteiger partial charge is 0.351 e. The van der Waals surface area contributed by atoms with Crippen LogP contribution in [-0.2, 0) is 4.79 Å². The lowest BCUT2D eigenvalue weighted by molar-refractivity contribution is -0.133. The SMILES string of the molecule is CC(C)N/C(=C/c1ccccc1)C(=O)O. The first-order valence-electron chi connectivity index (χ1n) is 4.86. The predicted octanol–water partition coefficient (Wildman–Crippen LogP) is 2.11. The first-order chi connectivity index (χ1) is 7.09. The molecule has 0 bridgehead atoms. The van der Waals surface area contributed by atoms with Gasteiger partial charge in [-0.1, -0.05) is 30.3 Å². The standard InChI is InChI=1S/C12H15NO2/c1-9(2)13-11(12(14)15)8-10-6-4-3-5-7-10/h3-9,13H,1-2H3,(H,14,15)/b11-8+. The fraction of sp³-hybridized carbons (Fsp3) is 0.250. The molecule has 0 aliphatic rings. The summed E-state index contributed by atoms with van der Waals surface area (Å²) in [5.74, 6) is -0.937. The van der Waals surface area contributed by atoms with E-state index < -0.39 is 5.97 Å². The Balaban J connectivity index is 2.89. The molecule has 0 spiro atoms. The van der Waals surface area contributed by atoms with E-state index >= 15 is 0 Å². The number of carboxylic acids is 1. The van der Waals surface area contributed by atoms with Crippen molar-refractivity contribution in [2.45, 2.75) is 19.9 Å². The molecule has 0 saturated heterocycles. The zero-order valence-electron chi connectivity index (χ0n) is 8.90. The highest BCUT2D eigenvalue weighted by Crippen LogP contribution is 2.05. The second kappa shape index (κ2) is 5.20. The van der Waals surface area contributed by atoms with Crippen molar-refractivity contribution in [1.82, 2.24) is 5.32 Å². The lowest BCUT2D eigenvalue weighted by Gasteiger charge is -2.10. The predicted molar refractivity (Wildman–Crippen MR) is 60.3 cm³/mol. The lowest BCUT2D eigenvalue weighted by atomic mass is 10.2. The van der Waals surface area contributed by atoms with Crippen LogP contribution in [0.25, 0.3) is 6.08 Å². The van der Waals surface area contributed by atoms with E-state index in [-0.39, 0.29) is 11.7 Å². The van der Waals surface area contributed by atoms with E-state index in [4.69, 9.17) is 5.11 Å². The number of rotatable bonds is 4. The molecule has 3 heteroatoms. The van der Waals surface area contributed by atoms with Crippen molar-refractivity contribution in [2.24, 2.45) is 0 Å². The number of benzene rings is 1. The lowest BCUT2D eigenvalue weighted by Crippen LogP contribution is -2.26. The van der Waals surface area contributed by atoms with Gasteiger partial charge in [-0.05, 0) is 25.5 Å². The molecule has 0 aliphatic carbocycles. The van der Waals surface area contributed by atoms with Gasteiger partial charge in [-0.25, -0.2) is 4.79 Å². The minimum Gasteiger partial charge on any atom is -0.477 e. The second-order valence-corrected chi connectivity index (χ2v) is 3.57. The van der Waals surface area contributed by atoms with E-state index in [1.165, 1.54) is 0 Å². The number of hydrogen-bond donors (Lipinski definition) is 2. The van der Waals surface area contributed by atoms with Crippen molar-refractivity contribution in [2.75, 3.05) is 0 Å². The minimum atomic E-state index is -0.937. The maximum absolute atomic E-state index is 10.9. The summed E-state index contributed by atoms with van der Waals surface area (Å²) in [7, 11) is 0. The van der Waals surface area contributed by atoms with Crippen LogP contribution in [0.15, 0.2) is 36.0 Å². The van der Waals surface area contributed by atoms with E-state index in [0.29, 0.717) is 0 Å². The Bertz CT molecular complexity index is 355. The van der Waals surface area contributed by atoms with Crippen LogP contribution < -0.4 is 5.32 Å². The van der Waals surface area contributed by atoms with Crippen LogP contribution in [0.1, 0.15) is 19.4 Å². The number of nitrogens with one attached hydrogen (secondary N) is 1. The fourth-order valence-electron chi connectivity index (χ4n) is 1.19. The number of carbonyl (C=O) groups is 1. The maximum atomic E-state index is 10.9. The van der Waals surface area contributed by atoms with Gasteiger partial charge in [-0.2, -0.15) is 0 Å². The van der Waals surface area contributed by atoms with Gasteiger partial charge >= 0.3 is 5.97 Å². The largest absolute Gasteiger partial charge is 0.477 e. The van der Waals surface area contributed by atoms with E-state index in [1.807, 2.05) is 44.2 Å². The van der Waals surface area contributed by atoms with Crippen molar-refractivity contribution >= 4 is 12.0 Å². The molecule has 0 aliphatic heterocycles. The molecule has 15 heavy (non-hydrogen) atoms. The van der Waals surface area contributed by atoms with Gasteiger partial charge in [0.1, 0.15) is 5.70 Å². The topological polar surface area (TPSA) is 49.3 Å². The van der Waals surface area contributed by atoms with Gasteiger partial charge in [0.25, 0.3) is 0 Å². The van der Waals surface area contributed by atoms with Gasteiger partial charge in [0.15, 0.2) is 0 Å². The van der Waals surface area contributed by atoms with Crippen LogP contribution in [0.3, 0.4) is 0 Å². The molecule has 0 heterocycles. The average molecular weight is 205 g/mol. The van der Waals surface area contributed by atoms with Gasteiger partial charge in [-0.15, -0.1) is 0 Å². The molecule has 1 aromatic rings. The molecule has 1 rings (SSSR count). The van der Waals surface area contributed by atoms with Crippen LogP contribution >= 0.6 is 0 Å². The highest BCUT2D eigenvalue weighted by atomic mass is 16.4. The van der Waals surface area contributed by atoms with Crippen molar-refractivity contribution in [3.05, 3.63) is 41.6 Å². The van der Waals surface area contributed by atoms with Crippen molar-refractivity contribution in [1.29, 1.82) is 0 Å². The van der Waals surface area contributed by atoms with Crippen LogP contribution in [0.5, 0.6) is 0 Å². The Labute approximate surface area is 89.4 Å². The van der Waals surface area contributed by atoms with Gasteiger partial charge < -0.3 is 10.4 Å². The summed E-state index contributed by atoms with van der Waals surface area (Å²) in [6.45, 7) is 3.81. The van der Waals surface area contributed by atoms with Crippen LogP contribution in [0, 0.1) is 0 Å². The summed E-state index contributed by atoms with van der Waals surface area (Å²) in [5.41, 5.74) is 1.10. The van der Waals surface area contributed by atoms with Crippen LogP contribution in [0.2, 0.25) is 0 Å². The second-order valence-electron chi connectivity index (χ2n) is 3.57. The first kappa shape index (κ1) is 11.3. The number of carboxylic acid groups (broad SMARTS) is 1. The maximum Gasteiger partial charge on any atom is 0.351 e. The summed E-state index contributed by atoms with van der Waals surface area (Å²) in [6, 6.07) is 9.49. The quantitative estimate of drug-likeness (QED) is 0.740. The molecule has 0 radical (unpaired) electrons. The molecule has 0 saturated carbocycles. The van der Waals surface area contributed by atoms with Crippen molar-refractivity contribution < 1.29 is 9.90 Å². The van der Waals surface area contributed by atoms with Crippen molar-refractivity contribution in [3.8, 4) is 0 Å². The van der Waals surface area contributed by atoms with Gasteiger partial charge in [0, 0.05) is 6.04 Å². The third-order valence-electron chi connectivity index (χ3n) is 1.79.